The van der Waals surface area contributed by atoms with E-state index in [9.17, 15) is 0 Å². The molecule has 68 valence electrons. The Morgan fingerprint density at radius 1 is 1.00 bits per heavy atom. The van der Waals surface area contributed by atoms with Gasteiger partial charge >= 0.3 is 0 Å². The second-order valence-electron chi connectivity index (χ2n) is 3.06. The van der Waals surface area contributed by atoms with Crippen LogP contribution in [0, 0.1) is 0 Å². The Bertz CT molecular complexity index is 101. The molecule has 2 aliphatic rings. The van der Waals surface area contributed by atoms with E-state index in [2.05, 4.69) is 10.2 Å². The molecule has 0 atom stereocenters. The Balaban J connectivity index is 0.000000500. The van der Waals surface area contributed by atoms with E-state index >= 15 is 0 Å². The molecule has 2 heterocycles. The number of halogens is 2. The van der Waals surface area contributed by atoms with Crippen molar-refractivity contribution in [2.75, 3.05) is 26.2 Å². The highest BCUT2D eigenvalue weighted by Crippen LogP contribution is 2.13. The van der Waals surface area contributed by atoms with Gasteiger partial charge in [-0.15, -0.1) is 34.0 Å². The molecule has 0 spiro atoms. The minimum atomic E-state index is 0. The molecule has 2 fully saturated rings. The summed E-state index contributed by atoms with van der Waals surface area (Å²) in [6.07, 6.45) is 2.85. The lowest BCUT2D eigenvalue weighted by atomic mass is 10.1. The first-order chi connectivity index (χ1) is 4.47. The largest absolute Gasteiger partial charge is 0.314 e. The third-order valence-electron chi connectivity index (χ3n) is 2.42. The molecule has 0 aromatic carbocycles. The molecule has 1 N–H and O–H groups in total. The van der Waals surface area contributed by atoms with Crippen molar-refractivity contribution in [3.05, 3.63) is 0 Å². The summed E-state index contributed by atoms with van der Waals surface area (Å²) in [5.41, 5.74) is 0. The molecule has 2 saturated heterocycles. The smallest absolute Gasteiger partial charge is 0.0345 e. The summed E-state index contributed by atoms with van der Waals surface area (Å²) in [7, 11) is 0. The number of nitrogens with zero attached hydrogens (tertiary/aromatic N) is 1. The van der Waals surface area contributed by atoms with Gasteiger partial charge in [-0.3, -0.25) is 4.90 Å². The van der Waals surface area contributed by atoms with Crippen LogP contribution in [0.5, 0.6) is 0 Å². The van der Waals surface area contributed by atoms with Crippen molar-refractivity contribution in [1.29, 1.82) is 0 Å². The van der Waals surface area contributed by atoms with Crippen LogP contribution in [0.3, 0.4) is 0 Å². The zero-order chi connectivity index (χ0) is 6.10. The summed E-state index contributed by atoms with van der Waals surface area (Å²) in [5.74, 6) is 0. The monoisotopic (exact) mass is 286 g/mol. The average molecular weight is 288 g/mol. The van der Waals surface area contributed by atoms with Crippen LogP contribution < -0.4 is 5.32 Å². The van der Waals surface area contributed by atoms with E-state index in [1.807, 2.05) is 0 Å². The van der Waals surface area contributed by atoms with Gasteiger partial charge in [0.25, 0.3) is 0 Å². The molecular weight excluding hydrogens is 272 g/mol. The fourth-order valence-corrected chi connectivity index (χ4v) is 1.64. The van der Waals surface area contributed by atoms with E-state index in [0.717, 1.165) is 6.04 Å². The molecule has 0 radical (unpaired) electrons. The van der Waals surface area contributed by atoms with Crippen molar-refractivity contribution in [3.63, 3.8) is 0 Å². The van der Waals surface area contributed by atoms with E-state index in [-0.39, 0.29) is 34.0 Å². The van der Waals surface area contributed by atoms with Crippen LogP contribution in [0.1, 0.15) is 12.8 Å². The standard InChI is InChI=1S/C7H14N2.2BrH/c1-2-4-9(3-1)7-5-8-6-7;;/h7-8H,1-6H2;2*1H. The SMILES string of the molecule is Br.Br.C1CCN(C2CNC2)C1. The lowest BCUT2D eigenvalue weighted by Gasteiger charge is -2.35. The maximum Gasteiger partial charge on any atom is 0.0345 e. The van der Waals surface area contributed by atoms with Crippen LogP contribution in [0.4, 0.5) is 0 Å². The summed E-state index contributed by atoms with van der Waals surface area (Å²) in [6.45, 7) is 5.18. The van der Waals surface area contributed by atoms with E-state index in [0.29, 0.717) is 0 Å². The van der Waals surface area contributed by atoms with Crippen molar-refractivity contribution in [1.82, 2.24) is 10.2 Å². The van der Waals surface area contributed by atoms with Crippen molar-refractivity contribution in [2.45, 2.75) is 18.9 Å². The molecule has 0 amide bonds. The Labute approximate surface area is 89.3 Å². The third-order valence-corrected chi connectivity index (χ3v) is 2.42. The van der Waals surface area contributed by atoms with E-state index in [1.165, 1.54) is 39.0 Å². The molecule has 0 saturated carbocycles. The first-order valence-corrected chi connectivity index (χ1v) is 3.91. The van der Waals surface area contributed by atoms with Gasteiger partial charge in [-0.05, 0) is 25.9 Å². The Morgan fingerprint density at radius 3 is 1.91 bits per heavy atom. The van der Waals surface area contributed by atoms with Crippen LogP contribution in [0.2, 0.25) is 0 Å². The fourth-order valence-electron chi connectivity index (χ4n) is 1.64. The van der Waals surface area contributed by atoms with Crippen LogP contribution in [-0.4, -0.2) is 37.1 Å². The number of hydrogen-bond acceptors (Lipinski definition) is 2. The molecule has 11 heavy (non-hydrogen) atoms. The summed E-state index contributed by atoms with van der Waals surface area (Å²) < 4.78 is 0. The Hall–Kier alpha value is 0.880. The van der Waals surface area contributed by atoms with Gasteiger partial charge in [-0.1, -0.05) is 0 Å². The first-order valence-electron chi connectivity index (χ1n) is 3.91. The van der Waals surface area contributed by atoms with Gasteiger partial charge in [0.1, 0.15) is 0 Å². The van der Waals surface area contributed by atoms with Crippen molar-refractivity contribution in [3.8, 4) is 0 Å². The highest BCUT2D eigenvalue weighted by atomic mass is 79.9. The van der Waals surface area contributed by atoms with Crippen LogP contribution in [0.25, 0.3) is 0 Å². The molecule has 0 aromatic rings. The Morgan fingerprint density at radius 2 is 1.55 bits per heavy atom. The van der Waals surface area contributed by atoms with Crippen LogP contribution in [-0.2, 0) is 0 Å². The van der Waals surface area contributed by atoms with Gasteiger partial charge in [0.15, 0.2) is 0 Å². The second kappa shape index (κ2) is 5.51. The Kier molecular flexibility index (Phi) is 5.95. The van der Waals surface area contributed by atoms with Gasteiger partial charge in [-0.2, -0.15) is 0 Å². The summed E-state index contributed by atoms with van der Waals surface area (Å²) >= 11 is 0. The molecule has 0 bridgehead atoms. The molecule has 4 heteroatoms. The summed E-state index contributed by atoms with van der Waals surface area (Å²) in [4.78, 5) is 2.61. The van der Waals surface area contributed by atoms with Crippen molar-refractivity contribution < 1.29 is 0 Å². The number of nitrogens with one attached hydrogen (secondary N) is 1. The first kappa shape index (κ1) is 11.9. The highest BCUT2D eigenvalue weighted by molar-refractivity contribution is 8.93. The number of rotatable bonds is 1. The predicted octanol–water partition coefficient (Wildman–Crippen LogP) is 1.21. The molecule has 0 aliphatic carbocycles. The van der Waals surface area contributed by atoms with Crippen LogP contribution >= 0.6 is 34.0 Å². The number of hydrogen-bond donors (Lipinski definition) is 1. The normalized spacial score (nSPS) is 25.1. The van der Waals surface area contributed by atoms with Crippen molar-refractivity contribution >= 4 is 34.0 Å². The maximum atomic E-state index is 3.30. The molecule has 0 aromatic heterocycles. The zero-order valence-electron chi connectivity index (χ0n) is 6.58. The third kappa shape index (κ3) is 2.68. The molecule has 2 nitrogen and oxygen atoms in total. The lowest BCUT2D eigenvalue weighted by molar-refractivity contribution is 0.180. The van der Waals surface area contributed by atoms with Gasteiger partial charge < -0.3 is 5.32 Å². The van der Waals surface area contributed by atoms with E-state index in [4.69, 9.17) is 0 Å². The zero-order valence-corrected chi connectivity index (χ0v) is 10.0. The number of likely N-dealkylation sites (tertiary alicyclic amines) is 1. The molecular formula is C7H16Br2N2. The van der Waals surface area contributed by atoms with Gasteiger partial charge in [0.05, 0.1) is 0 Å². The molecule has 2 rings (SSSR count). The average Bonchev–Trinajstić information content (AvgIpc) is 2.11. The minimum absolute atomic E-state index is 0. The fraction of sp³-hybridized carbons (Fsp3) is 1.00. The molecule has 0 unspecified atom stereocenters. The second-order valence-corrected chi connectivity index (χ2v) is 3.06. The summed E-state index contributed by atoms with van der Waals surface area (Å²) in [5, 5.41) is 3.30. The van der Waals surface area contributed by atoms with Crippen molar-refractivity contribution in [2.24, 2.45) is 0 Å². The highest BCUT2D eigenvalue weighted by Gasteiger charge is 2.25. The van der Waals surface area contributed by atoms with Gasteiger partial charge in [0, 0.05) is 19.1 Å². The summed E-state index contributed by atoms with van der Waals surface area (Å²) in [6, 6.07) is 0.896. The molecule has 2 aliphatic heterocycles. The van der Waals surface area contributed by atoms with Gasteiger partial charge in [-0.25, -0.2) is 0 Å². The van der Waals surface area contributed by atoms with E-state index < -0.39 is 0 Å². The minimum Gasteiger partial charge on any atom is -0.314 e. The lowest BCUT2D eigenvalue weighted by Crippen LogP contribution is -2.56. The predicted molar refractivity (Wildman–Crippen MR) is 58.1 cm³/mol. The maximum absolute atomic E-state index is 3.30. The van der Waals surface area contributed by atoms with Crippen LogP contribution in [0.15, 0.2) is 0 Å². The quantitative estimate of drug-likeness (QED) is 0.780. The topological polar surface area (TPSA) is 15.3 Å². The van der Waals surface area contributed by atoms with E-state index in [1.54, 1.807) is 0 Å². The van der Waals surface area contributed by atoms with Gasteiger partial charge in [0.2, 0.25) is 0 Å².